The summed E-state index contributed by atoms with van der Waals surface area (Å²) in [4.78, 5) is 23.2. The number of carbonyl (C=O) groups excluding carboxylic acids is 1. The van der Waals surface area contributed by atoms with Gasteiger partial charge in [0.2, 0.25) is 0 Å². The summed E-state index contributed by atoms with van der Waals surface area (Å²) in [7, 11) is 0. The van der Waals surface area contributed by atoms with Gasteiger partial charge < -0.3 is 9.64 Å². The predicted molar refractivity (Wildman–Crippen MR) is 126 cm³/mol. The standard InChI is InChI=1S/C25H23ClF2N4O2/c26-18-4-6-21(7-5-18)32-24(17-13-19(27)15-20(28)14-17)22(34-25(32)33)16-30-9-11-31(12-10-30)23-3-1-2-8-29-23/h1-8,13-15,22,24H,9-12,16H2/t22-,24-/m0/s1. The van der Waals surface area contributed by atoms with Crippen molar-refractivity contribution in [2.24, 2.45) is 0 Å². The molecule has 6 nitrogen and oxygen atoms in total. The van der Waals surface area contributed by atoms with Crippen LogP contribution in [0.1, 0.15) is 11.6 Å². The molecule has 0 bridgehead atoms. The van der Waals surface area contributed by atoms with Crippen molar-refractivity contribution in [2.75, 3.05) is 42.5 Å². The second-order valence-corrected chi connectivity index (χ2v) is 8.83. The van der Waals surface area contributed by atoms with E-state index in [0.717, 1.165) is 38.1 Å². The van der Waals surface area contributed by atoms with E-state index < -0.39 is 29.9 Å². The monoisotopic (exact) mass is 484 g/mol. The van der Waals surface area contributed by atoms with Crippen molar-refractivity contribution in [1.29, 1.82) is 0 Å². The maximum absolute atomic E-state index is 14.1. The van der Waals surface area contributed by atoms with Gasteiger partial charge in [-0.3, -0.25) is 9.80 Å². The second-order valence-electron chi connectivity index (χ2n) is 8.39. The van der Waals surface area contributed by atoms with Gasteiger partial charge in [0.05, 0.1) is 0 Å². The summed E-state index contributed by atoms with van der Waals surface area (Å²) in [6.45, 7) is 3.48. The first-order valence-corrected chi connectivity index (χ1v) is 11.5. The number of piperazine rings is 1. The Morgan fingerprint density at radius 3 is 2.32 bits per heavy atom. The zero-order chi connectivity index (χ0) is 23.7. The van der Waals surface area contributed by atoms with Gasteiger partial charge in [-0.05, 0) is 54.1 Å². The van der Waals surface area contributed by atoms with Crippen LogP contribution in [0, 0.1) is 11.6 Å². The lowest BCUT2D eigenvalue weighted by atomic mass is 9.99. The van der Waals surface area contributed by atoms with E-state index in [2.05, 4.69) is 14.8 Å². The van der Waals surface area contributed by atoms with Crippen molar-refractivity contribution in [3.8, 4) is 0 Å². The van der Waals surface area contributed by atoms with Gasteiger partial charge in [0.15, 0.2) is 0 Å². The quantitative estimate of drug-likeness (QED) is 0.515. The average Bonchev–Trinajstić information content (AvgIpc) is 3.15. The number of aromatic nitrogens is 1. The first-order chi connectivity index (χ1) is 16.5. The van der Waals surface area contributed by atoms with Crippen LogP contribution >= 0.6 is 11.6 Å². The maximum Gasteiger partial charge on any atom is 0.415 e. The van der Waals surface area contributed by atoms with Crippen molar-refractivity contribution >= 4 is 29.2 Å². The molecule has 176 valence electrons. The lowest BCUT2D eigenvalue weighted by Crippen LogP contribution is -2.49. The minimum atomic E-state index is -0.701. The maximum atomic E-state index is 14.1. The topological polar surface area (TPSA) is 48.9 Å². The zero-order valence-corrected chi connectivity index (χ0v) is 19.0. The fourth-order valence-corrected chi connectivity index (χ4v) is 4.73. The molecule has 2 aliphatic heterocycles. The number of amides is 1. The molecule has 5 rings (SSSR count). The highest BCUT2D eigenvalue weighted by Gasteiger charge is 2.44. The third-order valence-corrected chi connectivity index (χ3v) is 6.45. The molecule has 0 radical (unpaired) electrons. The largest absolute Gasteiger partial charge is 0.442 e. The van der Waals surface area contributed by atoms with Crippen LogP contribution in [0.4, 0.5) is 25.1 Å². The van der Waals surface area contributed by atoms with Crippen molar-refractivity contribution in [2.45, 2.75) is 12.1 Å². The van der Waals surface area contributed by atoms with Crippen molar-refractivity contribution < 1.29 is 18.3 Å². The number of hydrogen-bond acceptors (Lipinski definition) is 5. The minimum Gasteiger partial charge on any atom is -0.442 e. The molecule has 1 amide bonds. The fraction of sp³-hybridized carbons (Fsp3) is 0.280. The van der Waals surface area contributed by atoms with Crippen molar-refractivity contribution in [3.63, 3.8) is 0 Å². The van der Waals surface area contributed by atoms with Crippen molar-refractivity contribution in [3.05, 3.63) is 89.1 Å². The van der Waals surface area contributed by atoms with Gasteiger partial charge in [-0.15, -0.1) is 0 Å². The van der Waals surface area contributed by atoms with E-state index in [1.807, 2.05) is 18.2 Å². The highest BCUT2D eigenvalue weighted by atomic mass is 35.5. The molecule has 0 saturated carbocycles. The van der Waals surface area contributed by atoms with Crippen LogP contribution in [0.2, 0.25) is 5.02 Å². The van der Waals surface area contributed by atoms with Crippen LogP contribution in [0.25, 0.3) is 0 Å². The van der Waals surface area contributed by atoms with Crippen molar-refractivity contribution in [1.82, 2.24) is 9.88 Å². The summed E-state index contributed by atoms with van der Waals surface area (Å²) in [5.74, 6) is -0.474. The predicted octanol–water partition coefficient (Wildman–Crippen LogP) is 4.90. The molecule has 2 saturated heterocycles. The highest BCUT2D eigenvalue weighted by Crippen LogP contribution is 2.38. The van der Waals surface area contributed by atoms with Gasteiger partial charge in [-0.2, -0.15) is 0 Å². The van der Waals surface area contributed by atoms with E-state index in [-0.39, 0.29) is 0 Å². The molecule has 0 unspecified atom stereocenters. The molecule has 0 aliphatic carbocycles. The molecule has 3 heterocycles. The first kappa shape index (κ1) is 22.6. The summed E-state index contributed by atoms with van der Waals surface area (Å²) < 4.78 is 34.0. The molecule has 0 N–H and O–H groups in total. The summed E-state index contributed by atoms with van der Waals surface area (Å²) in [5, 5.41) is 0.520. The Balaban J connectivity index is 1.38. The van der Waals surface area contributed by atoms with E-state index in [4.69, 9.17) is 16.3 Å². The Hall–Kier alpha value is -3.23. The Morgan fingerprint density at radius 2 is 1.68 bits per heavy atom. The Kier molecular flexibility index (Phi) is 6.34. The lowest BCUT2D eigenvalue weighted by molar-refractivity contribution is 0.0939. The molecule has 2 aromatic carbocycles. The second kappa shape index (κ2) is 9.56. The normalized spacial score (nSPS) is 21.1. The van der Waals surface area contributed by atoms with E-state index in [0.29, 0.717) is 22.8 Å². The number of carbonyl (C=O) groups is 1. The number of nitrogens with zero attached hydrogens (tertiary/aromatic N) is 4. The smallest absolute Gasteiger partial charge is 0.415 e. The number of benzene rings is 2. The minimum absolute atomic E-state index is 0.343. The number of rotatable bonds is 5. The third kappa shape index (κ3) is 4.69. The molecule has 9 heteroatoms. The Morgan fingerprint density at radius 1 is 0.971 bits per heavy atom. The SMILES string of the molecule is O=C1O[C@@H](CN2CCN(c3ccccn3)CC2)[C@H](c2cc(F)cc(F)c2)N1c1ccc(Cl)cc1. The van der Waals surface area contributed by atoms with Gasteiger partial charge in [0.1, 0.15) is 29.6 Å². The first-order valence-electron chi connectivity index (χ1n) is 11.1. The number of anilines is 2. The number of pyridine rings is 1. The fourth-order valence-electron chi connectivity index (χ4n) is 4.60. The molecule has 2 fully saturated rings. The summed E-state index contributed by atoms with van der Waals surface area (Å²) in [5.41, 5.74) is 0.891. The average molecular weight is 485 g/mol. The van der Waals surface area contributed by atoms with E-state index in [9.17, 15) is 13.6 Å². The number of hydrogen-bond donors (Lipinski definition) is 0. The van der Waals surface area contributed by atoms with Crippen LogP contribution < -0.4 is 9.80 Å². The molecular weight excluding hydrogens is 462 g/mol. The highest BCUT2D eigenvalue weighted by molar-refractivity contribution is 6.30. The zero-order valence-electron chi connectivity index (χ0n) is 18.3. The molecule has 2 aliphatic rings. The van der Waals surface area contributed by atoms with Crippen LogP contribution in [0.3, 0.4) is 0 Å². The van der Waals surface area contributed by atoms with E-state index >= 15 is 0 Å². The van der Waals surface area contributed by atoms with Gasteiger partial charge in [-0.25, -0.2) is 18.6 Å². The van der Waals surface area contributed by atoms with Gasteiger partial charge >= 0.3 is 6.09 Å². The van der Waals surface area contributed by atoms with Crippen LogP contribution in [-0.4, -0.2) is 54.8 Å². The van der Waals surface area contributed by atoms with Gasteiger partial charge in [0, 0.05) is 55.7 Å². The van der Waals surface area contributed by atoms with Gasteiger partial charge in [-0.1, -0.05) is 17.7 Å². The lowest BCUT2D eigenvalue weighted by Gasteiger charge is -2.37. The summed E-state index contributed by atoms with van der Waals surface area (Å²) in [6, 6.07) is 15.2. The molecular formula is C25H23ClF2N4O2. The van der Waals surface area contributed by atoms with Crippen LogP contribution in [-0.2, 0) is 4.74 Å². The number of halogens is 3. The molecule has 0 spiro atoms. The Bertz CT molecular complexity index is 1140. The van der Waals surface area contributed by atoms with E-state index in [1.165, 1.54) is 17.0 Å². The van der Waals surface area contributed by atoms with E-state index in [1.54, 1.807) is 30.5 Å². The summed E-state index contributed by atoms with van der Waals surface area (Å²) in [6.07, 6.45) is 0.605. The Labute approximate surface area is 201 Å². The van der Waals surface area contributed by atoms with Crippen LogP contribution in [0.15, 0.2) is 66.9 Å². The molecule has 3 aromatic rings. The molecule has 1 aromatic heterocycles. The van der Waals surface area contributed by atoms with Crippen LogP contribution in [0.5, 0.6) is 0 Å². The van der Waals surface area contributed by atoms with Gasteiger partial charge in [0.25, 0.3) is 0 Å². The number of cyclic esters (lactones) is 1. The molecule has 2 atom stereocenters. The molecule has 34 heavy (non-hydrogen) atoms. The number of ether oxygens (including phenoxy) is 1. The third-order valence-electron chi connectivity index (χ3n) is 6.19. The summed E-state index contributed by atoms with van der Waals surface area (Å²) >= 11 is 6.01.